The summed E-state index contributed by atoms with van der Waals surface area (Å²) in [5.41, 5.74) is 5.26. The monoisotopic (exact) mass is 479 g/mol. The number of rotatable bonds is 9. The Hall–Kier alpha value is -4.09. The van der Waals surface area contributed by atoms with Crippen LogP contribution in [0.2, 0.25) is 0 Å². The van der Waals surface area contributed by atoms with E-state index < -0.39 is 5.97 Å². The molecule has 1 aliphatic heterocycles. The summed E-state index contributed by atoms with van der Waals surface area (Å²) in [4.78, 5) is 14.4. The van der Waals surface area contributed by atoms with Crippen LogP contribution in [-0.4, -0.2) is 22.8 Å². The Morgan fingerprint density at radius 3 is 2.22 bits per heavy atom. The van der Waals surface area contributed by atoms with Gasteiger partial charge in [0.05, 0.1) is 6.42 Å². The molecule has 2 atom stereocenters. The zero-order chi connectivity index (χ0) is 24.9. The van der Waals surface area contributed by atoms with Crippen LogP contribution in [0.5, 0.6) is 11.5 Å². The van der Waals surface area contributed by atoms with Gasteiger partial charge >= 0.3 is 5.97 Å². The molecule has 5 rings (SSSR count). The molecule has 2 unspecified atom stereocenters. The summed E-state index contributed by atoms with van der Waals surface area (Å²) in [6, 6.07) is 34.2. The summed E-state index contributed by atoms with van der Waals surface area (Å²) in [6.45, 7) is 3.00. The van der Waals surface area contributed by atoms with Gasteiger partial charge < -0.3 is 14.6 Å². The molecule has 0 spiro atoms. The average Bonchev–Trinajstić information content (AvgIpc) is 3.39. The molecule has 0 radical (unpaired) electrons. The lowest BCUT2D eigenvalue weighted by atomic mass is 9.94. The molecule has 182 valence electrons. The number of hydrogen-bond acceptors (Lipinski definition) is 4. The number of ether oxygens (including phenoxy) is 2. The molecular formula is C31H29NO4. The molecule has 36 heavy (non-hydrogen) atoms. The van der Waals surface area contributed by atoms with E-state index in [1.54, 1.807) is 0 Å². The summed E-state index contributed by atoms with van der Waals surface area (Å²) >= 11 is 0. The van der Waals surface area contributed by atoms with Gasteiger partial charge in [-0.1, -0.05) is 84.9 Å². The Balaban J connectivity index is 1.55. The first-order valence-corrected chi connectivity index (χ1v) is 12.1. The van der Waals surface area contributed by atoms with Gasteiger partial charge in [-0.3, -0.25) is 9.69 Å². The van der Waals surface area contributed by atoms with Crippen molar-refractivity contribution in [3.63, 3.8) is 0 Å². The first-order valence-electron chi connectivity index (χ1n) is 12.1. The van der Waals surface area contributed by atoms with Gasteiger partial charge in [-0.05, 0) is 52.9 Å². The molecule has 5 nitrogen and oxygen atoms in total. The second-order valence-electron chi connectivity index (χ2n) is 9.05. The Morgan fingerprint density at radius 2 is 1.47 bits per heavy atom. The van der Waals surface area contributed by atoms with Crippen molar-refractivity contribution in [1.29, 1.82) is 0 Å². The molecule has 4 aromatic carbocycles. The third-order valence-electron chi connectivity index (χ3n) is 6.73. The SMILES string of the molecule is CC(c1ccccc1)N(Cc1ccccc1)C(CC(=O)O)c1cccc(-c2ccc3c(c2)OCO3)c1. The molecule has 0 saturated heterocycles. The fraction of sp³-hybridized carbons (Fsp3) is 0.194. The van der Waals surface area contributed by atoms with Gasteiger partial charge in [-0.25, -0.2) is 0 Å². The number of carboxylic acids is 1. The standard InChI is InChI=1S/C31H29NO4/c1-22(24-11-6-3-7-12-24)32(20-23-9-4-2-5-10-23)28(19-31(33)34)27-14-8-13-25(17-27)26-15-16-29-30(18-26)36-21-35-29/h2-18,22,28H,19-21H2,1H3,(H,33,34). The summed E-state index contributed by atoms with van der Waals surface area (Å²) in [5.74, 6) is 0.638. The van der Waals surface area contributed by atoms with Crippen LogP contribution in [0.25, 0.3) is 11.1 Å². The molecular weight excluding hydrogens is 450 g/mol. The molecule has 5 heteroatoms. The summed E-state index contributed by atoms with van der Waals surface area (Å²) < 4.78 is 11.0. The van der Waals surface area contributed by atoms with Crippen LogP contribution in [0.4, 0.5) is 0 Å². The normalized spacial score (nSPS) is 13.9. The average molecular weight is 480 g/mol. The van der Waals surface area contributed by atoms with Gasteiger partial charge in [-0.2, -0.15) is 0 Å². The largest absolute Gasteiger partial charge is 0.481 e. The molecule has 0 fully saturated rings. The van der Waals surface area contributed by atoms with E-state index >= 15 is 0 Å². The first kappa shape index (κ1) is 23.6. The van der Waals surface area contributed by atoms with E-state index in [-0.39, 0.29) is 25.3 Å². The van der Waals surface area contributed by atoms with E-state index in [0.717, 1.165) is 39.3 Å². The number of benzene rings is 4. The van der Waals surface area contributed by atoms with E-state index in [1.807, 2.05) is 72.8 Å². The highest BCUT2D eigenvalue weighted by molar-refractivity contribution is 5.70. The van der Waals surface area contributed by atoms with Gasteiger partial charge in [0.1, 0.15) is 0 Å². The van der Waals surface area contributed by atoms with Crippen molar-refractivity contribution in [2.75, 3.05) is 6.79 Å². The maximum absolute atomic E-state index is 12.1. The Bertz CT molecular complexity index is 1320. The van der Waals surface area contributed by atoms with E-state index in [2.05, 4.69) is 42.2 Å². The molecule has 0 saturated carbocycles. The summed E-state index contributed by atoms with van der Waals surface area (Å²) in [5, 5.41) is 9.95. The fourth-order valence-electron chi connectivity index (χ4n) is 4.83. The number of fused-ring (bicyclic) bond motifs is 1. The van der Waals surface area contributed by atoms with E-state index in [9.17, 15) is 9.90 Å². The van der Waals surface area contributed by atoms with Gasteiger partial charge in [0.2, 0.25) is 6.79 Å². The molecule has 4 aromatic rings. The molecule has 0 aromatic heterocycles. The molecule has 0 aliphatic carbocycles. The fourth-order valence-corrected chi connectivity index (χ4v) is 4.83. The highest BCUT2D eigenvalue weighted by Gasteiger charge is 2.28. The Kier molecular flexibility index (Phi) is 7.01. The number of nitrogens with zero attached hydrogens (tertiary/aromatic N) is 1. The number of carbonyl (C=O) groups is 1. The molecule has 1 heterocycles. The highest BCUT2D eigenvalue weighted by Crippen LogP contribution is 2.39. The predicted molar refractivity (Wildman–Crippen MR) is 140 cm³/mol. The maximum Gasteiger partial charge on any atom is 0.305 e. The lowest BCUT2D eigenvalue weighted by molar-refractivity contribution is -0.138. The predicted octanol–water partition coefficient (Wildman–Crippen LogP) is 6.86. The van der Waals surface area contributed by atoms with Crippen LogP contribution in [0.3, 0.4) is 0 Å². The van der Waals surface area contributed by atoms with Crippen LogP contribution < -0.4 is 9.47 Å². The van der Waals surface area contributed by atoms with E-state index in [1.165, 1.54) is 0 Å². The van der Waals surface area contributed by atoms with Gasteiger partial charge in [-0.15, -0.1) is 0 Å². The van der Waals surface area contributed by atoms with Crippen LogP contribution in [0.15, 0.2) is 103 Å². The summed E-state index contributed by atoms with van der Waals surface area (Å²) in [7, 11) is 0. The third kappa shape index (κ3) is 5.26. The van der Waals surface area contributed by atoms with Gasteiger partial charge in [0.25, 0.3) is 0 Å². The number of hydrogen-bond donors (Lipinski definition) is 1. The number of carboxylic acid groups (broad SMARTS) is 1. The van der Waals surface area contributed by atoms with E-state index in [0.29, 0.717) is 6.54 Å². The second kappa shape index (κ2) is 10.7. The van der Waals surface area contributed by atoms with Crippen molar-refractivity contribution in [3.8, 4) is 22.6 Å². The second-order valence-corrected chi connectivity index (χ2v) is 9.05. The van der Waals surface area contributed by atoms with Crippen LogP contribution >= 0.6 is 0 Å². The zero-order valence-electron chi connectivity index (χ0n) is 20.2. The summed E-state index contributed by atoms with van der Waals surface area (Å²) in [6.07, 6.45) is -0.00536. The molecule has 0 bridgehead atoms. The lowest BCUT2D eigenvalue weighted by Crippen LogP contribution is -2.32. The minimum atomic E-state index is -0.827. The molecule has 1 N–H and O–H groups in total. The van der Waals surface area contributed by atoms with Crippen LogP contribution in [0, 0.1) is 0 Å². The van der Waals surface area contributed by atoms with Crippen molar-refractivity contribution >= 4 is 5.97 Å². The van der Waals surface area contributed by atoms with Crippen molar-refractivity contribution in [1.82, 2.24) is 4.90 Å². The van der Waals surface area contributed by atoms with Gasteiger partial charge in [0.15, 0.2) is 11.5 Å². The third-order valence-corrected chi connectivity index (χ3v) is 6.73. The van der Waals surface area contributed by atoms with Gasteiger partial charge in [0, 0.05) is 18.6 Å². The minimum absolute atomic E-state index is 0.00459. The molecule has 1 aliphatic rings. The first-order chi connectivity index (χ1) is 17.6. The smallest absolute Gasteiger partial charge is 0.305 e. The van der Waals surface area contributed by atoms with Crippen molar-refractivity contribution in [3.05, 3.63) is 120 Å². The number of aliphatic carboxylic acids is 1. The Morgan fingerprint density at radius 1 is 0.806 bits per heavy atom. The zero-order valence-corrected chi connectivity index (χ0v) is 20.2. The quantitative estimate of drug-likeness (QED) is 0.284. The highest BCUT2D eigenvalue weighted by atomic mass is 16.7. The minimum Gasteiger partial charge on any atom is -0.481 e. The lowest BCUT2D eigenvalue weighted by Gasteiger charge is -2.37. The van der Waals surface area contributed by atoms with Crippen LogP contribution in [0.1, 0.15) is 42.1 Å². The molecule has 0 amide bonds. The maximum atomic E-state index is 12.1. The van der Waals surface area contributed by atoms with Crippen molar-refractivity contribution in [2.45, 2.75) is 32.0 Å². The van der Waals surface area contributed by atoms with E-state index in [4.69, 9.17) is 9.47 Å². The van der Waals surface area contributed by atoms with Crippen molar-refractivity contribution in [2.24, 2.45) is 0 Å². The topological polar surface area (TPSA) is 59.0 Å². The van der Waals surface area contributed by atoms with Crippen molar-refractivity contribution < 1.29 is 19.4 Å². The Labute approximate surface area is 211 Å². The van der Waals surface area contributed by atoms with Crippen LogP contribution in [-0.2, 0) is 11.3 Å².